The van der Waals surface area contributed by atoms with E-state index in [0.29, 0.717) is 11.0 Å². The first kappa shape index (κ1) is 16.5. The van der Waals surface area contributed by atoms with Gasteiger partial charge in [-0.05, 0) is 0 Å². The number of hydroxylamine groups is 2. The van der Waals surface area contributed by atoms with Crippen LogP contribution in [0.4, 0.5) is 9.59 Å². The zero-order chi connectivity index (χ0) is 8.57. The average molecular weight is 216 g/mol. The summed E-state index contributed by atoms with van der Waals surface area (Å²) in [5.41, 5.74) is 1.39. The maximum Gasteiger partial charge on any atom is 2.00 e. The van der Waals surface area contributed by atoms with Gasteiger partial charge in [0.15, 0.2) is 0 Å². The monoisotopic (exact) mass is 215 g/mol. The molecule has 0 aromatic heterocycles. The minimum Gasteiger partial charge on any atom is -0.756 e. The van der Waals surface area contributed by atoms with Crippen molar-refractivity contribution in [3.05, 3.63) is 10.4 Å². The molecule has 0 aliphatic rings. The molecular formula is C2H4CuN2O6. The Bertz CT molecular complexity index is 103. The number of hydrogen-bond acceptors (Lipinski definition) is 4. The number of rotatable bonds is 0. The number of carboxylic acid groups (broad SMARTS) is 2. The summed E-state index contributed by atoms with van der Waals surface area (Å²) in [5, 5.41) is 32.2. The smallest absolute Gasteiger partial charge is 0.756 e. The largest absolute Gasteiger partial charge is 2.00 e. The van der Waals surface area contributed by atoms with E-state index in [1.54, 1.807) is 0 Å². The molecule has 0 unspecified atom stereocenters. The predicted molar refractivity (Wildman–Crippen MR) is 29.1 cm³/mol. The molecule has 0 bridgehead atoms. The van der Waals surface area contributed by atoms with Crippen LogP contribution in [-0.4, -0.2) is 22.4 Å². The van der Waals surface area contributed by atoms with Crippen LogP contribution in [0.2, 0.25) is 0 Å². The summed E-state index contributed by atoms with van der Waals surface area (Å²) in [6, 6.07) is 0. The second-order valence-electron chi connectivity index (χ2n) is 0.814. The summed E-state index contributed by atoms with van der Waals surface area (Å²) in [6.45, 7) is 0. The second kappa shape index (κ2) is 11.7. The van der Waals surface area contributed by atoms with Crippen LogP contribution in [0.5, 0.6) is 0 Å². The van der Waals surface area contributed by atoms with Crippen LogP contribution < -0.4 is 11.0 Å². The zero-order valence-electron chi connectivity index (χ0n) is 4.83. The van der Waals surface area contributed by atoms with Crippen molar-refractivity contribution < 1.29 is 36.9 Å². The quantitative estimate of drug-likeness (QED) is 0.317. The van der Waals surface area contributed by atoms with Gasteiger partial charge in [-0.15, -0.1) is 0 Å². The van der Waals surface area contributed by atoms with Crippen molar-refractivity contribution in [1.82, 2.24) is 11.0 Å². The molecule has 0 aromatic carbocycles. The van der Waals surface area contributed by atoms with Crippen molar-refractivity contribution in [2.75, 3.05) is 0 Å². The second-order valence-corrected chi connectivity index (χ2v) is 0.814. The Morgan fingerprint density at radius 1 is 1.00 bits per heavy atom. The van der Waals surface area contributed by atoms with Crippen LogP contribution in [-0.2, 0) is 17.1 Å². The van der Waals surface area contributed by atoms with Crippen molar-refractivity contribution in [2.24, 2.45) is 0 Å². The van der Waals surface area contributed by atoms with Crippen LogP contribution in [0.25, 0.3) is 0 Å². The third-order valence-electron chi connectivity index (χ3n) is 0.175. The van der Waals surface area contributed by atoms with Gasteiger partial charge < -0.3 is 31.6 Å². The van der Waals surface area contributed by atoms with E-state index in [9.17, 15) is 0 Å². The van der Waals surface area contributed by atoms with Crippen LogP contribution >= 0.6 is 0 Å². The van der Waals surface area contributed by atoms with E-state index in [1.165, 1.54) is 0 Å². The van der Waals surface area contributed by atoms with Gasteiger partial charge in [0, 0.05) is 0 Å². The molecule has 0 rings (SSSR count). The Labute approximate surface area is 71.2 Å². The first-order valence-corrected chi connectivity index (χ1v) is 1.76. The van der Waals surface area contributed by atoms with Crippen LogP contribution in [0.15, 0.2) is 0 Å². The summed E-state index contributed by atoms with van der Waals surface area (Å²) in [7, 11) is 0. The maximum absolute atomic E-state index is 8.94. The third kappa shape index (κ3) is 49.3. The van der Waals surface area contributed by atoms with Crippen molar-refractivity contribution in [3.63, 3.8) is 0 Å². The molecule has 0 aliphatic carbocycles. The fraction of sp³-hybridized carbons (Fsp3) is 0. The van der Waals surface area contributed by atoms with E-state index < -0.39 is 12.2 Å². The van der Waals surface area contributed by atoms with Gasteiger partial charge in [0.25, 0.3) is 0 Å². The minimum atomic E-state index is -1.55. The summed E-state index contributed by atoms with van der Waals surface area (Å²) < 4.78 is 0. The number of amides is 2. The Kier molecular flexibility index (Phi) is 17.6. The van der Waals surface area contributed by atoms with Crippen molar-refractivity contribution >= 4 is 12.2 Å². The molecule has 2 amide bonds. The molecule has 11 heavy (non-hydrogen) atoms. The fourth-order valence-corrected chi connectivity index (χ4v) is 0. The van der Waals surface area contributed by atoms with E-state index in [0.717, 1.165) is 0 Å². The Morgan fingerprint density at radius 2 is 1.09 bits per heavy atom. The molecule has 69 valence electrons. The van der Waals surface area contributed by atoms with Gasteiger partial charge in [-0.25, -0.2) is 9.59 Å². The Balaban J connectivity index is -0.000000107. The normalized spacial score (nSPS) is 6.00. The van der Waals surface area contributed by atoms with Crippen LogP contribution in [0.1, 0.15) is 0 Å². The summed E-state index contributed by atoms with van der Waals surface area (Å²) in [5.74, 6) is 0. The molecule has 8 nitrogen and oxygen atoms in total. The maximum atomic E-state index is 8.94. The van der Waals surface area contributed by atoms with Crippen molar-refractivity contribution in [2.45, 2.75) is 0 Å². The topological polar surface area (TPSA) is 145 Å². The van der Waals surface area contributed by atoms with E-state index >= 15 is 0 Å². The standard InChI is InChI=1S/2CH2NO3.Cu/c2*3-1(4)2-5;/h2*2H,(H,3,4);/q2*-1;+2. The molecule has 0 heterocycles. The van der Waals surface area contributed by atoms with Crippen molar-refractivity contribution in [1.29, 1.82) is 0 Å². The van der Waals surface area contributed by atoms with E-state index in [4.69, 9.17) is 30.2 Å². The Hall–Kier alpha value is -1.02. The Morgan fingerprint density at radius 3 is 1.09 bits per heavy atom. The van der Waals surface area contributed by atoms with Gasteiger partial charge in [-0.2, -0.15) is 0 Å². The molecule has 4 N–H and O–H groups in total. The molecular weight excluding hydrogens is 212 g/mol. The average Bonchev–Trinajstić information content (AvgIpc) is 1.89. The predicted octanol–water partition coefficient (Wildman–Crippen LogP) is -0.499. The van der Waals surface area contributed by atoms with Gasteiger partial charge >= 0.3 is 29.3 Å². The molecule has 0 saturated heterocycles. The van der Waals surface area contributed by atoms with Gasteiger partial charge in [0.05, 0.1) is 0 Å². The summed E-state index contributed by atoms with van der Waals surface area (Å²) in [6.07, 6.45) is -3.10. The first-order valence-electron chi connectivity index (χ1n) is 1.76. The van der Waals surface area contributed by atoms with Crippen LogP contribution in [0.3, 0.4) is 0 Å². The van der Waals surface area contributed by atoms with Gasteiger partial charge in [0.2, 0.25) is 0 Å². The molecule has 0 aliphatic heterocycles. The molecule has 0 atom stereocenters. The number of hydrogen-bond donors (Lipinski definition) is 4. The van der Waals surface area contributed by atoms with Gasteiger partial charge in [-0.3, -0.25) is 0 Å². The van der Waals surface area contributed by atoms with Crippen LogP contribution in [0, 0.1) is 10.4 Å². The zero-order valence-corrected chi connectivity index (χ0v) is 5.77. The minimum absolute atomic E-state index is 0. The molecule has 1 radical (unpaired) electrons. The molecule has 0 fully saturated rings. The van der Waals surface area contributed by atoms with Crippen molar-refractivity contribution in [3.8, 4) is 0 Å². The first-order chi connectivity index (χ1) is 4.54. The van der Waals surface area contributed by atoms with Gasteiger partial charge in [0.1, 0.15) is 0 Å². The third-order valence-corrected chi connectivity index (χ3v) is 0.175. The van der Waals surface area contributed by atoms with E-state index in [-0.39, 0.29) is 17.1 Å². The summed E-state index contributed by atoms with van der Waals surface area (Å²) in [4.78, 5) is 17.9. The molecule has 9 heteroatoms. The fourth-order valence-electron chi connectivity index (χ4n) is 0. The summed E-state index contributed by atoms with van der Waals surface area (Å²) >= 11 is 0. The molecule has 0 aromatic rings. The number of nitrogens with one attached hydrogen (secondary N) is 2. The SMILES string of the molecule is O=C(O)N[O-].O=C(O)N[O-].[Cu+2]. The number of carbonyl (C=O) groups is 2. The molecule has 0 spiro atoms. The van der Waals surface area contributed by atoms with E-state index in [1.807, 2.05) is 0 Å². The van der Waals surface area contributed by atoms with E-state index in [2.05, 4.69) is 0 Å². The van der Waals surface area contributed by atoms with Gasteiger partial charge in [-0.1, -0.05) is 0 Å². The molecule has 0 saturated carbocycles.